The van der Waals surface area contributed by atoms with Gasteiger partial charge < -0.3 is 26.6 Å². The quantitative estimate of drug-likeness (QED) is 0.549. The van der Waals surface area contributed by atoms with Gasteiger partial charge in [0.15, 0.2) is 17.8 Å². The molecule has 1 unspecified atom stereocenters. The molecule has 122 valence electrons. The van der Waals surface area contributed by atoms with Crippen LogP contribution in [0.15, 0.2) is 65.3 Å². The smallest absolute Gasteiger partial charge is 0.196 e. The topological polar surface area (TPSA) is 120 Å². The number of carbonyl (C=O) groups excluding carboxylic acids is 1. The van der Waals surface area contributed by atoms with E-state index in [0.29, 0.717) is 22.9 Å². The summed E-state index contributed by atoms with van der Waals surface area (Å²) in [7, 11) is 0. The zero-order valence-corrected chi connectivity index (χ0v) is 12.6. The van der Waals surface area contributed by atoms with Crippen molar-refractivity contribution in [3.05, 3.63) is 60.3 Å². The molecule has 0 radical (unpaired) electrons. The Balaban J connectivity index is 1.84. The highest BCUT2D eigenvalue weighted by atomic mass is 16.3. The van der Waals surface area contributed by atoms with Crippen LogP contribution in [0.3, 0.4) is 0 Å². The van der Waals surface area contributed by atoms with Crippen molar-refractivity contribution in [2.24, 2.45) is 10.7 Å². The number of benzene rings is 2. The molecule has 6 N–H and O–H groups in total. The molecule has 1 aliphatic rings. The first-order valence-corrected chi connectivity index (χ1v) is 7.23. The Hall–Kier alpha value is -3.32. The maximum atomic E-state index is 11.8. The van der Waals surface area contributed by atoms with Gasteiger partial charge >= 0.3 is 0 Å². The number of nitrogens with one attached hydrogen (secondary N) is 2. The molecule has 3 rings (SSSR count). The summed E-state index contributed by atoms with van der Waals surface area (Å²) in [6, 6.07) is 12.8. The molecule has 0 spiro atoms. The molecule has 1 heterocycles. The SMILES string of the molecule is NC1N=C(Nc2ccc(O)cc2)C(Nc2ccc(O)cc2)=CC1=O. The summed E-state index contributed by atoms with van der Waals surface area (Å²) in [5.74, 6) is 0.386. The number of hydrogen-bond donors (Lipinski definition) is 5. The van der Waals surface area contributed by atoms with Gasteiger partial charge in [-0.2, -0.15) is 0 Å². The highest BCUT2D eigenvalue weighted by Gasteiger charge is 2.21. The summed E-state index contributed by atoms with van der Waals surface area (Å²) >= 11 is 0. The molecule has 0 fully saturated rings. The molecule has 2 aromatic carbocycles. The fraction of sp³-hybridized carbons (Fsp3) is 0.0588. The van der Waals surface area contributed by atoms with Crippen molar-refractivity contribution in [1.82, 2.24) is 0 Å². The fourth-order valence-corrected chi connectivity index (χ4v) is 2.14. The van der Waals surface area contributed by atoms with Crippen LogP contribution in [0.2, 0.25) is 0 Å². The largest absolute Gasteiger partial charge is 0.508 e. The minimum Gasteiger partial charge on any atom is -0.508 e. The summed E-state index contributed by atoms with van der Waals surface area (Å²) in [6.45, 7) is 0. The highest BCUT2D eigenvalue weighted by molar-refractivity contribution is 6.16. The number of phenolic OH excluding ortho intramolecular Hbond substituents is 2. The summed E-state index contributed by atoms with van der Waals surface area (Å²) < 4.78 is 0. The van der Waals surface area contributed by atoms with Gasteiger partial charge in [-0.05, 0) is 48.5 Å². The third-order valence-electron chi connectivity index (χ3n) is 3.38. The number of dihydropyridines is 1. The third-order valence-corrected chi connectivity index (χ3v) is 3.38. The van der Waals surface area contributed by atoms with Crippen LogP contribution >= 0.6 is 0 Å². The van der Waals surface area contributed by atoms with Crippen LogP contribution < -0.4 is 16.4 Å². The van der Waals surface area contributed by atoms with Crippen molar-refractivity contribution in [3.8, 4) is 11.5 Å². The van der Waals surface area contributed by atoms with E-state index in [1.807, 2.05) is 0 Å². The monoisotopic (exact) mass is 324 g/mol. The number of anilines is 2. The molecule has 0 saturated heterocycles. The number of nitrogens with zero attached hydrogens (tertiary/aromatic N) is 1. The summed E-state index contributed by atoms with van der Waals surface area (Å²) in [6.07, 6.45) is 0.419. The van der Waals surface area contributed by atoms with Crippen LogP contribution in [0, 0.1) is 0 Å². The lowest BCUT2D eigenvalue weighted by atomic mass is 10.1. The van der Waals surface area contributed by atoms with Crippen LogP contribution in [0.25, 0.3) is 0 Å². The number of ketones is 1. The zero-order valence-electron chi connectivity index (χ0n) is 12.6. The maximum absolute atomic E-state index is 11.8. The van der Waals surface area contributed by atoms with Gasteiger partial charge in [-0.25, -0.2) is 4.99 Å². The van der Waals surface area contributed by atoms with Crippen LogP contribution in [-0.2, 0) is 4.79 Å². The molecule has 24 heavy (non-hydrogen) atoms. The molecule has 1 aliphatic heterocycles. The third kappa shape index (κ3) is 3.53. The normalized spacial score (nSPS) is 17.0. The maximum Gasteiger partial charge on any atom is 0.196 e. The van der Waals surface area contributed by atoms with E-state index < -0.39 is 6.17 Å². The summed E-state index contributed by atoms with van der Waals surface area (Å²) in [5, 5.41) is 24.8. The molecule has 7 heteroatoms. The number of phenols is 2. The first-order valence-electron chi connectivity index (χ1n) is 7.23. The van der Waals surface area contributed by atoms with E-state index in [0.717, 1.165) is 0 Å². The van der Waals surface area contributed by atoms with Gasteiger partial charge in [-0.15, -0.1) is 0 Å². The van der Waals surface area contributed by atoms with E-state index in [4.69, 9.17) is 5.73 Å². The van der Waals surface area contributed by atoms with Crippen molar-refractivity contribution in [2.45, 2.75) is 6.17 Å². The van der Waals surface area contributed by atoms with E-state index in [-0.39, 0.29) is 17.3 Å². The Bertz CT molecular complexity index is 811. The average Bonchev–Trinajstić information content (AvgIpc) is 2.56. The summed E-state index contributed by atoms with van der Waals surface area (Å²) in [5.41, 5.74) is 7.53. The fourth-order valence-electron chi connectivity index (χ4n) is 2.14. The number of amidine groups is 1. The van der Waals surface area contributed by atoms with Gasteiger partial charge in [0.1, 0.15) is 11.5 Å². The lowest BCUT2D eigenvalue weighted by Gasteiger charge is -2.20. The standard InChI is InChI=1S/C17H16N4O3/c18-16-15(24)9-14(19-10-1-5-12(22)6-2-10)17(21-16)20-11-3-7-13(23)8-4-11/h1-9,16,19,22-23H,18H2,(H,20,21). The molecular formula is C17H16N4O3. The number of aliphatic imine (C=N–C) groups is 1. The number of aromatic hydroxyl groups is 2. The van der Waals surface area contributed by atoms with Gasteiger partial charge in [-0.1, -0.05) is 0 Å². The Morgan fingerprint density at radius 2 is 1.38 bits per heavy atom. The van der Waals surface area contributed by atoms with Crippen molar-refractivity contribution < 1.29 is 15.0 Å². The molecule has 1 atom stereocenters. The number of hydrogen-bond acceptors (Lipinski definition) is 7. The van der Waals surface area contributed by atoms with Crippen LogP contribution in [0.5, 0.6) is 11.5 Å². The van der Waals surface area contributed by atoms with E-state index in [1.54, 1.807) is 24.3 Å². The van der Waals surface area contributed by atoms with Crippen LogP contribution in [0.4, 0.5) is 11.4 Å². The van der Waals surface area contributed by atoms with Gasteiger partial charge in [0.2, 0.25) is 0 Å². The number of rotatable bonds is 3. The van der Waals surface area contributed by atoms with Gasteiger partial charge in [0.05, 0.1) is 5.70 Å². The van der Waals surface area contributed by atoms with Crippen molar-refractivity contribution in [3.63, 3.8) is 0 Å². The van der Waals surface area contributed by atoms with Crippen molar-refractivity contribution in [1.29, 1.82) is 0 Å². The molecule has 7 nitrogen and oxygen atoms in total. The summed E-state index contributed by atoms with van der Waals surface area (Å²) in [4.78, 5) is 16.0. The number of nitrogens with two attached hydrogens (primary N) is 1. The minimum atomic E-state index is -0.963. The second kappa shape index (κ2) is 6.43. The zero-order chi connectivity index (χ0) is 17.1. The number of carbonyl (C=O) groups is 1. The molecule has 0 aliphatic carbocycles. The average molecular weight is 324 g/mol. The first-order chi connectivity index (χ1) is 11.5. The molecule has 2 aromatic rings. The van der Waals surface area contributed by atoms with Crippen molar-refractivity contribution >= 4 is 23.0 Å². The van der Waals surface area contributed by atoms with Gasteiger partial charge in [-0.3, -0.25) is 4.79 Å². The predicted molar refractivity (Wildman–Crippen MR) is 92.0 cm³/mol. The predicted octanol–water partition coefficient (Wildman–Crippen LogP) is 1.77. The molecular weight excluding hydrogens is 308 g/mol. The van der Waals surface area contributed by atoms with E-state index >= 15 is 0 Å². The van der Waals surface area contributed by atoms with E-state index in [2.05, 4.69) is 15.6 Å². The first kappa shape index (κ1) is 15.6. The molecule has 0 saturated carbocycles. The Labute approximate surface area is 138 Å². The lowest BCUT2D eigenvalue weighted by molar-refractivity contribution is -0.115. The van der Waals surface area contributed by atoms with Crippen LogP contribution in [-0.4, -0.2) is 28.0 Å². The minimum absolute atomic E-state index is 0.146. The van der Waals surface area contributed by atoms with Crippen LogP contribution in [0.1, 0.15) is 0 Å². The van der Waals surface area contributed by atoms with Gasteiger partial charge in [0.25, 0.3) is 0 Å². The molecule has 0 amide bonds. The second-order valence-corrected chi connectivity index (χ2v) is 5.23. The second-order valence-electron chi connectivity index (χ2n) is 5.23. The highest BCUT2D eigenvalue weighted by Crippen LogP contribution is 2.20. The Kier molecular flexibility index (Phi) is 4.17. The lowest BCUT2D eigenvalue weighted by Crippen LogP contribution is -2.36. The van der Waals surface area contributed by atoms with E-state index in [9.17, 15) is 15.0 Å². The molecule has 0 aromatic heterocycles. The van der Waals surface area contributed by atoms with Gasteiger partial charge in [0, 0.05) is 17.5 Å². The Morgan fingerprint density at radius 3 is 1.92 bits per heavy atom. The van der Waals surface area contributed by atoms with E-state index in [1.165, 1.54) is 30.3 Å². The molecule has 0 bridgehead atoms. The Morgan fingerprint density at radius 1 is 0.875 bits per heavy atom. The van der Waals surface area contributed by atoms with Crippen molar-refractivity contribution in [2.75, 3.05) is 10.6 Å².